The molecule has 2 aromatic rings. The highest BCUT2D eigenvalue weighted by atomic mass is 16.3. The number of aromatic hydroxyl groups is 1. The third-order valence-corrected chi connectivity index (χ3v) is 4.74. The Morgan fingerprint density at radius 2 is 1.91 bits per heavy atom. The van der Waals surface area contributed by atoms with E-state index in [1.165, 1.54) is 0 Å². The summed E-state index contributed by atoms with van der Waals surface area (Å²) in [6.45, 7) is 4.37. The van der Waals surface area contributed by atoms with Crippen LogP contribution in [0.5, 0.6) is 5.75 Å². The summed E-state index contributed by atoms with van der Waals surface area (Å²) in [5.74, 6) is 0.0834. The van der Waals surface area contributed by atoms with Crippen LogP contribution in [-0.4, -0.2) is 67.2 Å². The predicted molar refractivity (Wildman–Crippen MR) is 92.5 cm³/mol. The summed E-state index contributed by atoms with van der Waals surface area (Å²) in [5, 5.41) is 15.0. The van der Waals surface area contributed by atoms with Gasteiger partial charge in [-0.15, -0.1) is 0 Å². The van der Waals surface area contributed by atoms with Gasteiger partial charge in [0.15, 0.2) is 6.54 Å². The average Bonchev–Trinajstić information content (AvgIpc) is 2.53. The van der Waals surface area contributed by atoms with Crippen molar-refractivity contribution in [3.63, 3.8) is 0 Å². The first-order chi connectivity index (χ1) is 11.0. The Labute approximate surface area is 136 Å². The van der Waals surface area contributed by atoms with Gasteiger partial charge in [-0.3, -0.25) is 9.69 Å². The second-order valence-electron chi connectivity index (χ2n) is 6.76. The van der Waals surface area contributed by atoms with Gasteiger partial charge in [0.2, 0.25) is 0 Å². The monoisotopic (exact) mass is 314 g/mol. The van der Waals surface area contributed by atoms with Gasteiger partial charge in [-0.05, 0) is 18.5 Å². The molecule has 1 aliphatic heterocycles. The number of amides is 1. The van der Waals surface area contributed by atoms with Crippen LogP contribution in [0.25, 0.3) is 10.8 Å². The Morgan fingerprint density at radius 1 is 1.22 bits per heavy atom. The van der Waals surface area contributed by atoms with Crippen LogP contribution < -0.4 is 5.32 Å². The fourth-order valence-electron chi connectivity index (χ4n) is 3.10. The lowest BCUT2D eigenvalue weighted by molar-refractivity contribution is -0.905. The SMILES string of the molecule is CN1CC[N+](C)(CC(=O)Nc2ccc3ccccc3c2O)CC1. The van der Waals surface area contributed by atoms with Crippen molar-refractivity contribution in [2.24, 2.45) is 0 Å². The minimum Gasteiger partial charge on any atom is -0.505 e. The number of likely N-dealkylation sites (N-methyl/N-ethyl adjacent to an activating group) is 2. The summed E-state index contributed by atoms with van der Waals surface area (Å²) in [6, 6.07) is 11.3. The van der Waals surface area contributed by atoms with Gasteiger partial charge in [-0.1, -0.05) is 30.3 Å². The standard InChI is InChI=1S/C18H23N3O2/c1-20-9-11-21(2,12-10-20)13-17(22)19-16-8-7-14-5-3-4-6-15(14)18(16)23/h3-8H,9-13H2,1-2H3,(H-,19,22,23)/p+1. The first-order valence-electron chi connectivity index (χ1n) is 7.99. The minimum absolute atomic E-state index is 0.0531. The summed E-state index contributed by atoms with van der Waals surface area (Å²) in [7, 11) is 4.23. The maximum atomic E-state index is 12.4. The van der Waals surface area contributed by atoms with E-state index in [1.807, 2.05) is 30.3 Å². The maximum Gasteiger partial charge on any atom is 0.279 e. The largest absolute Gasteiger partial charge is 0.505 e. The Kier molecular flexibility index (Phi) is 4.24. The Morgan fingerprint density at radius 3 is 2.65 bits per heavy atom. The van der Waals surface area contributed by atoms with Gasteiger partial charge < -0.3 is 14.9 Å². The van der Waals surface area contributed by atoms with E-state index >= 15 is 0 Å². The van der Waals surface area contributed by atoms with E-state index in [0.29, 0.717) is 12.2 Å². The molecule has 0 aliphatic carbocycles. The number of piperazine rings is 1. The summed E-state index contributed by atoms with van der Waals surface area (Å²) in [4.78, 5) is 14.7. The first kappa shape index (κ1) is 15.8. The number of phenols is 1. The molecule has 5 nitrogen and oxygen atoms in total. The lowest BCUT2D eigenvalue weighted by atomic mass is 10.1. The molecule has 1 saturated heterocycles. The number of hydrogen-bond donors (Lipinski definition) is 2. The van der Waals surface area contributed by atoms with Gasteiger partial charge in [0.1, 0.15) is 5.75 Å². The van der Waals surface area contributed by atoms with Crippen LogP contribution in [0, 0.1) is 0 Å². The Bertz CT molecular complexity index is 721. The van der Waals surface area contributed by atoms with E-state index in [2.05, 4.69) is 24.3 Å². The average molecular weight is 314 g/mol. The van der Waals surface area contributed by atoms with E-state index in [9.17, 15) is 9.90 Å². The van der Waals surface area contributed by atoms with Gasteiger partial charge in [-0.2, -0.15) is 0 Å². The smallest absolute Gasteiger partial charge is 0.279 e. The van der Waals surface area contributed by atoms with E-state index < -0.39 is 0 Å². The lowest BCUT2D eigenvalue weighted by Gasteiger charge is -2.40. The number of hydrogen-bond acceptors (Lipinski definition) is 3. The highest BCUT2D eigenvalue weighted by Crippen LogP contribution is 2.32. The van der Waals surface area contributed by atoms with Crippen LogP contribution in [-0.2, 0) is 4.79 Å². The number of carbonyl (C=O) groups excluding carboxylic acids is 1. The molecule has 0 spiro atoms. The molecular formula is C18H24N3O2+. The minimum atomic E-state index is -0.0531. The number of carbonyl (C=O) groups is 1. The van der Waals surface area contributed by atoms with Crippen LogP contribution in [0.15, 0.2) is 36.4 Å². The van der Waals surface area contributed by atoms with Crippen LogP contribution in [0.4, 0.5) is 5.69 Å². The molecule has 0 saturated carbocycles. The molecule has 1 amide bonds. The van der Waals surface area contributed by atoms with Crippen LogP contribution in [0.3, 0.4) is 0 Å². The van der Waals surface area contributed by atoms with E-state index in [0.717, 1.165) is 41.4 Å². The molecule has 0 unspecified atom stereocenters. The fourth-order valence-corrected chi connectivity index (χ4v) is 3.10. The van der Waals surface area contributed by atoms with Gasteiger partial charge in [0.05, 0.1) is 25.8 Å². The molecule has 1 aliphatic rings. The van der Waals surface area contributed by atoms with Crippen molar-refractivity contribution < 1.29 is 14.4 Å². The number of rotatable bonds is 3. The summed E-state index contributed by atoms with van der Waals surface area (Å²) in [6.07, 6.45) is 0. The highest BCUT2D eigenvalue weighted by Gasteiger charge is 2.29. The highest BCUT2D eigenvalue weighted by molar-refractivity contribution is 5.99. The molecule has 2 aromatic carbocycles. The Hall–Kier alpha value is -2.11. The zero-order valence-electron chi connectivity index (χ0n) is 13.7. The first-order valence-corrected chi connectivity index (χ1v) is 7.99. The maximum absolute atomic E-state index is 12.4. The van der Waals surface area contributed by atoms with Gasteiger partial charge in [0, 0.05) is 18.5 Å². The number of anilines is 1. The zero-order chi connectivity index (χ0) is 16.4. The lowest BCUT2D eigenvalue weighted by Crippen LogP contribution is -2.58. The van der Waals surface area contributed by atoms with E-state index in [-0.39, 0.29) is 11.7 Å². The fraction of sp³-hybridized carbons (Fsp3) is 0.389. The second kappa shape index (κ2) is 6.18. The third-order valence-electron chi connectivity index (χ3n) is 4.74. The molecular weight excluding hydrogens is 290 g/mol. The second-order valence-corrected chi connectivity index (χ2v) is 6.76. The quantitative estimate of drug-likeness (QED) is 0.672. The number of fused-ring (bicyclic) bond motifs is 1. The van der Waals surface area contributed by atoms with E-state index in [1.54, 1.807) is 6.07 Å². The zero-order valence-corrected chi connectivity index (χ0v) is 13.7. The molecule has 122 valence electrons. The molecule has 0 atom stereocenters. The molecule has 2 N–H and O–H groups in total. The summed E-state index contributed by atoms with van der Waals surface area (Å²) in [5.41, 5.74) is 0.481. The molecule has 0 bridgehead atoms. The van der Waals surface area contributed by atoms with Crippen molar-refractivity contribution in [2.75, 3.05) is 52.1 Å². The van der Waals surface area contributed by atoms with Gasteiger partial charge in [0.25, 0.3) is 5.91 Å². The molecule has 1 heterocycles. The number of quaternary nitrogens is 1. The van der Waals surface area contributed by atoms with Crippen LogP contribution >= 0.6 is 0 Å². The molecule has 0 radical (unpaired) electrons. The van der Waals surface area contributed by atoms with Crippen molar-refractivity contribution in [1.82, 2.24) is 4.90 Å². The summed E-state index contributed by atoms with van der Waals surface area (Å²) >= 11 is 0. The van der Waals surface area contributed by atoms with Crippen molar-refractivity contribution in [3.05, 3.63) is 36.4 Å². The van der Waals surface area contributed by atoms with Gasteiger partial charge >= 0.3 is 0 Å². The van der Waals surface area contributed by atoms with Crippen LogP contribution in [0.2, 0.25) is 0 Å². The number of benzene rings is 2. The normalized spacial score (nSPS) is 18.0. The topological polar surface area (TPSA) is 52.6 Å². The Balaban J connectivity index is 1.72. The molecule has 0 aromatic heterocycles. The number of phenolic OH excluding ortho intramolecular Hbond substituents is 1. The number of nitrogens with one attached hydrogen (secondary N) is 1. The van der Waals surface area contributed by atoms with Crippen molar-refractivity contribution in [3.8, 4) is 5.75 Å². The molecule has 5 heteroatoms. The van der Waals surface area contributed by atoms with Gasteiger partial charge in [-0.25, -0.2) is 0 Å². The molecule has 3 rings (SSSR count). The van der Waals surface area contributed by atoms with Crippen molar-refractivity contribution in [2.45, 2.75) is 0 Å². The number of nitrogens with zero attached hydrogens (tertiary/aromatic N) is 2. The van der Waals surface area contributed by atoms with Crippen LogP contribution in [0.1, 0.15) is 0 Å². The van der Waals surface area contributed by atoms with Crippen molar-refractivity contribution >= 4 is 22.4 Å². The molecule has 23 heavy (non-hydrogen) atoms. The van der Waals surface area contributed by atoms with Crippen molar-refractivity contribution in [1.29, 1.82) is 0 Å². The molecule has 1 fully saturated rings. The van der Waals surface area contributed by atoms with E-state index in [4.69, 9.17) is 0 Å². The summed E-state index contributed by atoms with van der Waals surface area (Å²) < 4.78 is 0.741. The predicted octanol–water partition coefficient (Wildman–Crippen LogP) is 1.88. The third kappa shape index (κ3) is 3.46.